The fourth-order valence-corrected chi connectivity index (χ4v) is 3.90. The second-order valence-electron chi connectivity index (χ2n) is 8.12. The molecule has 0 spiro atoms. The molecule has 156 valence electrons. The number of Topliss-reactive ketones (excluding diaryl/α,β-unsaturated/α-hetero) is 2. The molecular formula is C22H20ClNO6. The Labute approximate surface area is 178 Å². The van der Waals surface area contributed by atoms with Gasteiger partial charge in [0, 0.05) is 29.1 Å². The lowest BCUT2D eigenvalue weighted by molar-refractivity contribution is -0.384. The average Bonchev–Trinajstić information content (AvgIpc) is 2.70. The lowest BCUT2D eigenvalue weighted by Crippen LogP contribution is -2.54. The molecule has 0 unspecified atom stereocenters. The van der Waals surface area contributed by atoms with Gasteiger partial charge in [0.1, 0.15) is 11.5 Å². The predicted molar refractivity (Wildman–Crippen MR) is 109 cm³/mol. The molecule has 1 aliphatic heterocycles. The van der Waals surface area contributed by atoms with Crippen molar-refractivity contribution in [2.75, 3.05) is 0 Å². The zero-order valence-corrected chi connectivity index (χ0v) is 17.4. The van der Waals surface area contributed by atoms with Crippen LogP contribution in [0.1, 0.15) is 49.2 Å². The van der Waals surface area contributed by atoms with Crippen molar-refractivity contribution in [3.8, 4) is 0 Å². The molecule has 1 fully saturated rings. The van der Waals surface area contributed by atoms with E-state index in [0.717, 1.165) is 0 Å². The topological polar surface area (TPSA) is 104 Å². The van der Waals surface area contributed by atoms with Gasteiger partial charge in [-0.3, -0.25) is 24.5 Å². The maximum Gasteiger partial charge on any atom is 0.320 e. The molecule has 2 aromatic carbocycles. The third-order valence-electron chi connectivity index (χ3n) is 5.50. The number of nitrogens with zero attached hydrogens (tertiary/aromatic N) is 1. The number of rotatable bonds is 5. The van der Waals surface area contributed by atoms with Gasteiger partial charge in [-0.1, -0.05) is 23.7 Å². The summed E-state index contributed by atoms with van der Waals surface area (Å²) in [6.45, 7) is 4.76. The number of ether oxygens (including phenoxy) is 1. The number of ketones is 2. The Bertz CT molecular complexity index is 1030. The Kier molecular flexibility index (Phi) is 5.52. The second kappa shape index (κ2) is 7.65. The Hall–Kier alpha value is -3.06. The van der Waals surface area contributed by atoms with Crippen LogP contribution in [0.5, 0.6) is 0 Å². The summed E-state index contributed by atoms with van der Waals surface area (Å²) in [5.41, 5.74) is -2.08. The number of cyclic esters (lactones) is 1. The molecule has 0 N–H and O–H groups in total. The molecule has 8 heteroatoms. The molecule has 0 saturated carbocycles. The van der Waals surface area contributed by atoms with Gasteiger partial charge in [-0.15, -0.1) is 0 Å². The minimum absolute atomic E-state index is 0.155. The van der Waals surface area contributed by atoms with E-state index in [-0.39, 0.29) is 17.7 Å². The molecule has 0 amide bonds. The molecule has 1 saturated heterocycles. The minimum atomic E-state index is -1.66. The first kappa shape index (κ1) is 21.6. The van der Waals surface area contributed by atoms with Crippen LogP contribution in [0.25, 0.3) is 0 Å². The van der Waals surface area contributed by atoms with Crippen LogP contribution in [0, 0.1) is 20.9 Å². The molecule has 0 aliphatic carbocycles. The molecule has 0 bridgehead atoms. The zero-order valence-electron chi connectivity index (χ0n) is 16.7. The normalized spacial score (nSPS) is 23.0. The van der Waals surface area contributed by atoms with Gasteiger partial charge >= 0.3 is 5.97 Å². The number of non-ortho nitro benzene ring substituents is 1. The van der Waals surface area contributed by atoms with Gasteiger partial charge in [-0.05, 0) is 50.6 Å². The monoisotopic (exact) mass is 429 g/mol. The third-order valence-corrected chi connectivity index (χ3v) is 5.76. The van der Waals surface area contributed by atoms with E-state index < -0.39 is 39.4 Å². The number of hydrogen-bond donors (Lipinski definition) is 0. The summed E-state index contributed by atoms with van der Waals surface area (Å²) in [6.07, 6.45) is -1.20. The highest BCUT2D eigenvalue weighted by Crippen LogP contribution is 2.49. The summed E-state index contributed by atoms with van der Waals surface area (Å²) in [6, 6.07) is 11.7. The lowest BCUT2D eigenvalue weighted by atomic mass is 9.64. The molecule has 2 atom stereocenters. The van der Waals surface area contributed by atoms with Crippen molar-refractivity contribution in [3.05, 3.63) is 74.8 Å². The Balaban J connectivity index is 1.87. The zero-order chi connectivity index (χ0) is 22.3. The summed E-state index contributed by atoms with van der Waals surface area (Å²) in [7, 11) is 0. The standard InChI is InChI=1S/C22H20ClNO6/c1-21(2)18(14-4-8-15(23)9-5-14)30-20(27)22(3,19(21)26)12-17(25)13-6-10-16(11-7-13)24(28)29/h4-11,18H,12H2,1-3H3/t18-,22-/m0/s1. The minimum Gasteiger partial charge on any atom is -0.456 e. The molecule has 0 aromatic heterocycles. The fraction of sp³-hybridized carbons (Fsp3) is 0.318. The van der Waals surface area contributed by atoms with Crippen molar-refractivity contribution in [3.63, 3.8) is 0 Å². The quantitative estimate of drug-likeness (QED) is 0.224. The molecular weight excluding hydrogens is 410 g/mol. The van der Waals surface area contributed by atoms with Crippen LogP contribution in [-0.4, -0.2) is 22.5 Å². The van der Waals surface area contributed by atoms with Crippen LogP contribution < -0.4 is 0 Å². The van der Waals surface area contributed by atoms with Crippen molar-refractivity contribution in [1.29, 1.82) is 0 Å². The van der Waals surface area contributed by atoms with Gasteiger partial charge in [0.2, 0.25) is 0 Å². The third kappa shape index (κ3) is 3.73. The Morgan fingerprint density at radius 3 is 2.17 bits per heavy atom. The number of carbonyl (C=O) groups excluding carboxylic acids is 3. The van der Waals surface area contributed by atoms with Crippen LogP contribution >= 0.6 is 11.6 Å². The first-order valence-electron chi connectivity index (χ1n) is 9.26. The average molecular weight is 430 g/mol. The first-order valence-corrected chi connectivity index (χ1v) is 9.64. The smallest absolute Gasteiger partial charge is 0.320 e. The van der Waals surface area contributed by atoms with Crippen molar-refractivity contribution >= 4 is 34.8 Å². The van der Waals surface area contributed by atoms with Crippen LogP contribution in [0.15, 0.2) is 48.5 Å². The van der Waals surface area contributed by atoms with Gasteiger partial charge in [0.05, 0.1) is 10.3 Å². The molecule has 30 heavy (non-hydrogen) atoms. The Morgan fingerprint density at radius 1 is 1.07 bits per heavy atom. The summed E-state index contributed by atoms with van der Waals surface area (Å²) >= 11 is 5.92. The van der Waals surface area contributed by atoms with Gasteiger partial charge in [-0.2, -0.15) is 0 Å². The summed E-state index contributed by atoms with van der Waals surface area (Å²) in [5.74, 6) is -1.65. The van der Waals surface area contributed by atoms with Crippen molar-refractivity contribution < 1.29 is 24.0 Å². The van der Waals surface area contributed by atoms with E-state index in [0.29, 0.717) is 10.6 Å². The molecule has 3 rings (SSSR count). The van der Waals surface area contributed by atoms with Crippen molar-refractivity contribution in [2.45, 2.75) is 33.3 Å². The number of carbonyl (C=O) groups is 3. The molecule has 0 radical (unpaired) electrons. The van der Waals surface area contributed by atoms with E-state index >= 15 is 0 Å². The number of nitro groups is 1. The van der Waals surface area contributed by atoms with E-state index in [9.17, 15) is 24.5 Å². The Morgan fingerprint density at radius 2 is 1.63 bits per heavy atom. The fourth-order valence-electron chi connectivity index (χ4n) is 3.77. The molecule has 7 nitrogen and oxygen atoms in total. The van der Waals surface area contributed by atoms with E-state index in [1.807, 2.05) is 0 Å². The maximum absolute atomic E-state index is 13.4. The van der Waals surface area contributed by atoms with E-state index in [4.69, 9.17) is 16.3 Å². The van der Waals surface area contributed by atoms with Gasteiger partial charge < -0.3 is 4.74 Å². The predicted octanol–water partition coefficient (Wildman–Crippen LogP) is 4.72. The summed E-state index contributed by atoms with van der Waals surface area (Å²) < 4.78 is 5.66. The number of nitro benzene ring substituents is 1. The largest absolute Gasteiger partial charge is 0.456 e. The van der Waals surface area contributed by atoms with Crippen molar-refractivity contribution in [2.24, 2.45) is 10.8 Å². The number of halogens is 1. The number of benzene rings is 2. The lowest BCUT2D eigenvalue weighted by Gasteiger charge is -2.44. The van der Waals surface area contributed by atoms with Crippen LogP contribution in [-0.2, 0) is 14.3 Å². The summed E-state index contributed by atoms with van der Waals surface area (Å²) in [5, 5.41) is 11.3. The van der Waals surface area contributed by atoms with Gasteiger partial charge in [-0.25, -0.2) is 0 Å². The second-order valence-corrected chi connectivity index (χ2v) is 8.56. The summed E-state index contributed by atoms with van der Waals surface area (Å²) in [4.78, 5) is 49.2. The van der Waals surface area contributed by atoms with Crippen LogP contribution in [0.2, 0.25) is 5.02 Å². The highest BCUT2D eigenvalue weighted by Gasteiger charge is 2.58. The van der Waals surface area contributed by atoms with E-state index in [2.05, 4.69) is 0 Å². The first-order chi connectivity index (χ1) is 14.0. The SMILES string of the molecule is CC1(C)C(=O)[C@](C)(CC(=O)c2ccc([N+](=O)[O-])cc2)C(=O)O[C@H]1c1ccc(Cl)cc1. The molecule has 1 heterocycles. The highest BCUT2D eigenvalue weighted by atomic mass is 35.5. The highest BCUT2D eigenvalue weighted by molar-refractivity contribution is 6.30. The number of hydrogen-bond acceptors (Lipinski definition) is 6. The van der Waals surface area contributed by atoms with E-state index in [1.165, 1.54) is 31.2 Å². The van der Waals surface area contributed by atoms with Crippen molar-refractivity contribution in [1.82, 2.24) is 0 Å². The van der Waals surface area contributed by atoms with Crippen LogP contribution in [0.3, 0.4) is 0 Å². The van der Waals surface area contributed by atoms with Crippen LogP contribution in [0.4, 0.5) is 5.69 Å². The molecule has 1 aliphatic rings. The molecule has 2 aromatic rings. The van der Waals surface area contributed by atoms with Gasteiger partial charge in [0.15, 0.2) is 11.6 Å². The van der Waals surface area contributed by atoms with Gasteiger partial charge in [0.25, 0.3) is 5.69 Å². The maximum atomic E-state index is 13.4. The number of esters is 1. The van der Waals surface area contributed by atoms with E-state index in [1.54, 1.807) is 38.1 Å².